The molecule has 1 aliphatic heterocycles. The van der Waals surface area contributed by atoms with E-state index >= 15 is 0 Å². The minimum atomic E-state index is -4.11. The number of hydrogen-bond acceptors (Lipinski definition) is 4. The Bertz CT molecular complexity index is 1120. The summed E-state index contributed by atoms with van der Waals surface area (Å²) in [6.07, 6.45) is 0.0232. The van der Waals surface area contributed by atoms with Crippen LogP contribution in [-0.2, 0) is 16.7 Å². The second kappa shape index (κ2) is 9.43. The van der Waals surface area contributed by atoms with Crippen molar-refractivity contribution in [2.45, 2.75) is 44.4 Å². The van der Waals surface area contributed by atoms with Gasteiger partial charge in [0.1, 0.15) is 12.5 Å². The lowest BCUT2D eigenvalue weighted by molar-refractivity contribution is 0.0483. The fourth-order valence-electron chi connectivity index (χ4n) is 3.55. The number of benzene rings is 2. The minimum absolute atomic E-state index is 0.00333. The number of alkyl halides is 1. The molecule has 1 amide bonds. The summed E-state index contributed by atoms with van der Waals surface area (Å²) < 4.78 is 54.9. The number of sulfonamides is 1. The maximum Gasteiger partial charge on any atom is 0.255 e. The molecule has 6 nitrogen and oxygen atoms in total. The normalized spacial score (nSPS) is 19.4. The molecule has 1 saturated heterocycles. The Labute approximate surface area is 191 Å². The highest BCUT2D eigenvalue weighted by Crippen LogP contribution is 2.33. The van der Waals surface area contributed by atoms with Crippen molar-refractivity contribution in [2.75, 3.05) is 18.4 Å². The molecule has 0 aromatic heterocycles. The van der Waals surface area contributed by atoms with E-state index in [4.69, 9.17) is 11.6 Å². The number of nitrogens with one attached hydrogen (secondary N) is 1. The first kappa shape index (κ1) is 24.6. The Morgan fingerprint density at radius 2 is 1.97 bits per heavy atom. The molecule has 0 bridgehead atoms. The van der Waals surface area contributed by atoms with Crippen LogP contribution in [0, 0.1) is 11.2 Å². The maximum atomic E-state index is 13.6. The van der Waals surface area contributed by atoms with Crippen molar-refractivity contribution in [3.05, 3.63) is 58.4 Å². The Hall–Kier alpha value is -2.07. The highest BCUT2D eigenvalue weighted by Gasteiger charge is 2.36. The van der Waals surface area contributed by atoms with Gasteiger partial charge in [-0.15, -0.1) is 0 Å². The fourth-order valence-corrected chi connectivity index (χ4v) is 5.42. The molecule has 174 valence electrons. The van der Waals surface area contributed by atoms with Crippen LogP contribution < -0.4 is 5.32 Å². The minimum Gasteiger partial charge on any atom is -0.393 e. The lowest BCUT2D eigenvalue weighted by Crippen LogP contribution is -2.33. The molecule has 1 unspecified atom stereocenters. The van der Waals surface area contributed by atoms with Crippen LogP contribution in [0.1, 0.15) is 42.6 Å². The summed E-state index contributed by atoms with van der Waals surface area (Å²) in [5.74, 6) is -1.29. The van der Waals surface area contributed by atoms with E-state index in [1.54, 1.807) is 0 Å². The van der Waals surface area contributed by atoms with E-state index in [1.165, 1.54) is 28.6 Å². The van der Waals surface area contributed by atoms with Gasteiger partial charge in [-0.2, -0.15) is 4.31 Å². The summed E-state index contributed by atoms with van der Waals surface area (Å²) in [5, 5.41) is 12.6. The number of carbonyl (C=O) groups is 1. The number of nitrogens with zero attached hydrogens (tertiary/aromatic N) is 1. The number of amides is 1. The van der Waals surface area contributed by atoms with Crippen LogP contribution >= 0.6 is 11.6 Å². The first-order valence-electron chi connectivity index (χ1n) is 10.1. The number of anilines is 1. The molecule has 1 atom stereocenters. The fraction of sp³-hybridized carbons (Fsp3) is 0.409. The Morgan fingerprint density at radius 3 is 2.62 bits per heavy atom. The van der Waals surface area contributed by atoms with E-state index in [0.29, 0.717) is 6.42 Å². The number of halogens is 3. The number of hydrogen-bond donors (Lipinski definition) is 2. The maximum absolute atomic E-state index is 13.6. The summed E-state index contributed by atoms with van der Waals surface area (Å²) in [6, 6.07) is 7.36. The van der Waals surface area contributed by atoms with Gasteiger partial charge in [0.05, 0.1) is 16.0 Å². The molecule has 1 heterocycles. The van der Waals surface area contributed by atoms with Crippen molar-refractivity contribution < 1.29 is 27.1 Å². The quantitative estimate of drug-likeness (QED) is 0.657. The third-order valence-electron chi connectivity index (χ3n) is 5.83. The average molecular weight is 487 g/mol. The Morgan fingerprint density at radius 1 is 1.25 bits per heavy atom. The smallest absolute Gasteiger partial charge is 0.255 e. The molecule has 2 aromatic carbocycles. The molecular formula is C22H25ClF2N2O4S. The van der Waals surface area contributed by atoms with Crippen LogP contribution in [0.15, 0.2) is 41.3 Å². The van der Waals surface area contributed by atoms with Gasteiger partial charge in [0.25, 0.3) is 5.91 Å². The monoisotopic (exact) mass is 486 g/mol. The van der Waals surface area contributed by atoms with Gasteiger partial charge >= 0.3 is 0 Å². The molecule has 2 aromatic rings. The summed E-state index contributed by atoms with van der Waals surface area (Å²) in [7, 11) is -4.11. The molecular weight excluding hydrogens is 462 g/mol. The molecule has 0 radical (unpaired) electrons. The summed E-state index contributed by atoms with van der Waals surface area (Å²) >= 11 is 5.73. The zero-order valence-electron chi connectivity index (χ0n) is 17.7. The SMILES string of the molecule is CC1(C)CCN(S(=O)(=O)c2cc(C(=O)Nc3ccc(F)c(Cl)c3)ccc2CF)CCC1O. The van der Waals surface area contributed by atoms with E-state index in [1.807, 2.05) is 13.8 Å². The first-order chi connectivity index (χ1) is 15.0. The molecule has 1 fully saturated rings. The van der Waals surface area contributed by atoms with Gasteiger partial charge in [0, 0.05) is 29.9 Å². The number of carbonyl (C=O) groups excluding carboxylic acids is 1. The van der Waals surface area contributed by atoms with Crippen LogP contribution in [0.3, 0.4) is 0 Å². The van der Waals surface area contributed by atoms with Crippen molar-refractivity contribution in [1.82, 2.24) is 4.31 Å². The predicted molar refractivity (Wildman–Crippen MR) is 118 cm³/mol. The standard InChI is InChI=1S/C22H25ClF2N2O4S/c1-22(2)8-10-27(9-7-20(22)28)32(30,31)19-11-14(3-4-15(19)13-24)21(29)26-16-5-6-18(25)17(23)12-16/h3-6,11-12,20,28H,7-10,13H2,1-2H3,(H,26,29). The van der Waals surface area contributed by atoms with Gasteiger partial charge in [-0.3, -0.25) is 4.79 Å². The van der Waals surface area contributed by atoms with E-state index in [2.05, 4.69) is 5.32 Å². The molecule has 1 aliphatic rings. The van der Waals surface area contributed by atoms with Crippen molar-refractivity contribution >= 4 is 33.2 Å². The van der Waals surface area contributed by atoms with Gasteiger partial charge in [0.15, 0.2) is 0 Å². The number of aliphatic hydroxyl groups is 1. The van der Waals surface area contributed by atoms with Crippen LogP contribution in [-0.4, -0.2) is 42.9 Å². The van der Waals surface area contributed by atoms with Crippen LogP contribution in [0.5, 0.6) is 0 Å². The van der Waals surface area contributed by atoms with Crippen LogP contribution in [0.25, 0.3) is 0 Å². The van der Waals surface area contributed by atoms with Crippen LogP contribution in [0.4, 0.5) is 14.5 Å². The molecule has 0 spiro atoms. The molecule has 32 heavy (non-hydrogen) atoms. The Kier molecular flexibility index (Phi) is 7.24. The zero-order valence-corrected chi connectivity index (χ0v) is 19.3. The van der Waals surface area contributed by atoms with Crippen LogP contribution in [0.2, 0.25) is 5.02 Å². The van der Waals surface area contributed by atoms with E-state index in [0.717, 1.165) is 12.1 Å². The van der Waals surface area contributed by atoms with E-state index in [9.17, 15) is 27.1 Å². The van der Waals surface area contributed by atoms with Crippen molar-refractivity contribution in [2.24, 2.45) is 5.41 Å². The zero-order chi connectivity index (χ0) is 23.7. The highest BCUT2D eigenvalue weighted by molar-refractivity contribution is 7.89. The molecule has 0 aliphatic carbocycles. The van der Waals surface area contributed by atoms with E-state index in [-0.39, 0.29) is 46.2 Å². The van der Waals surface area contributed by atoms with Gasteiger partial charge < -0.3 is 10.4 Å². The summed E-state index contributed by atoms with van der Waals surface area (Å²) in [6.45, 7) is 2.97. The third-order valence-corrected chi connectivity index (χ3v) is 8.10. The second-order valence-electron chi connectivity index (χ2n) is 8.49. The topological polar surface area (TPSA) is 86.7 Å². The highest BCUT2D eigenvalue weighted by atomic mass is 35.5. The second-order valence-corrected chi connectivity index (χ2v) is 10.8. The lowest BCUT2D eigenvalue weighted by Gasteiger charge is -2.27. The predicted octanol–water partition coefficient (Wildman–Crippen LogP) is 4.37. The lowest BCUT2D eigenvalue weighted by atomic mass is 9.83. The van der Waals surface area contributed by atoms with Gasteiger partial charge in [-0.1, -0.05) is 31.5 Å². The molecule has 3 rings (SSSR count). The van der Waals surface area contributed by atoms with Crippen molar-refractivity contribution in [1.29, 1.82) is 0 Å². The van der Waals surface area contributed by atoms with E-state index < -0.39 is 39.9 Å². The first-order valence-corrected chi connectivity index (χ1v) is 11.9. The van der Waals surface area contributed by atoms with Crippen molar-refractivity contribution in [3.63, 3.8) is 0 Å². The molecule has 0 saturated carbocycles. The summed E-state index contributed by atoms with van der Waals surface area (Å²) in [5.41, 5.74) is -0.290. The van der Waals surface area contributed by atoms with Gasteiger partial charge in [-0.05, 0) is 48.6 Å². The summed E-state index contributed by atoms with van der Waals surface area (Å²) in [4.78, 5) is 12.4. The number of aliphatic hydroxyl groups excluding tert-OH is 1. The van der Waals surface area contributed by atoms with Gasteiger partial charge in [0.2, 0.25) is 10.0 Å². The third kappa shape index (κ3) is 5.11. The average Bonchev–Trinajstić information content (AvgIpc) is 2.88. The largest absolute Gasteiger partial charge is 0.393 e. The molecule has 10 heteroatoms. The number of rotatable bonds is 5. The van der Waals surface area contributed by atoms with Gasteiger partial charge in [-0.25, -0.2) is 17.2 Å². The molecule has 2 N–H and O–H groups in total. The van der Waals surface area contributed by atoms with Crippen molar-refractivity contribution in [3.8, 4) is 0 Å². The Balaban J connectivity index is 1.91.